The van der Waals surface area contributed by atoms with E-state index in [0.717, 1.165) is 19.3 Å². The van der Waals surface area contributed by atoms with Crippen molar-refractivity contribution in [2.45, 2.75) is 107 Å². The highest BCUT2D eigenvalue weighted by Crippen LogP contribution is 2.50. The number of hydrogen-bond acceptors (Lipinski definition) is 8. The summed E-state index contributed by atoms with van der Waals surface area (Å²) >= 11 is 0. The van der Waals surface area contributed by atoms with Crippen molar-refractivity contribution in [3.63, 3.8) is 0 Å². The molecule has 4 aliphatic rings. The number of carbonyl (C=O) groups excluding carboxylic acids is 2. The quantitative estimate of drug-likeness (QED) is 0.272. The van der Waals surface area contributed by atoms with E-state index in [4.69, 9.17) is 9.61 Å². The van der Waals surface area contributed by atoms with E-state index in [1.807, 2.05) is 0 Å². The number of halogens is 4. The molecule has 4 saturated carbocycles. The highest BCUT2D eigenvalue weighted by molar-refractivity contribution is 5.93. The van der Waals surface area contributed by atoms with Crippen LogP contribution in [0.2, 0.25) is 0 Å². The Hall–Kier alpha value is -4.09. The second kappa shape index (κ2) is 11.3. The van der Waals surface area contributed by atoms with E-state index in [2.05, 4.69) is 32.1 Å². The molecule has 0 bridgehead atoms. The zero-order valence-corrected chi connectivity index (χ0v) is 25.0. The minimum atomic E-state index is -2.77. The molecule has 2 atom stereocenters. The minimum Gasteiger partial charge on any atom is -0.348 e. The number of carbonyl (C=O) groups is 2. The van der Waals surface area contributed by atoms with Gasteiger partial charge in [0, 0.05) is 38.0 Å². The van der Waals surface area contributed by atoms with Crippen molar-refractivity contribution in [3.8, 4) is 6.07 Å². The van der Waals surface area contributed by atoms with Gasteiger partial charge in [0.05, 0.1) is 41.7 Å². The molecule has 244 valence electrons. The lowest BCUT2D eigenvalue weighted by Crippen LogP contribution is -2.46. The van der Waals surface area contributed by atoms with Crippen LogP contribution in [-0.2, 0) is 4.79 Å². The fourth-order valence-corrected chi connectivity index (χ4v) is 7.21. The molecule has 15 heteroatoms. The lowest BCUT2D eigenvalue weighted by atomic mass is 9.63. The Balaban J connectivity index is 1.16. The number of imidazole rings is 1. The normalized spacial score (nSPS) is 23.5. The SMILES string of the molecule is N#CC1(C(NC(=O)CC2CC(F)(F)C2)c2cnn3cc([C@@H](NC(=O)c4nonc4C4CC4)C4CCC(F)(F)CC4)nc3c2)CCC1. The van der Waals surface area contributed by atoms with E-state index in [-0.39, 0.29) is 62.5 Å². The summed E-state index contributed by atoms with van der Waals surface area (Å²) in [6.45, 7) is 0. The topological polar surface area (TPSA) is 151 Å². The second-order valence-corrected chi connectivity index (χ2v) is 13.6. The van der Waals surface area contributed by atoms with Crippen LogP contribution in [0.3, 0.4) is 0 Å². The van der Waals surface area contributed by atoms with Crippen molar-refractivity contribution in [3.05, 3.63) is 41.1 Å². The van der Waals surface area contributed by atoms with Crippen LogP contribution >= 0.6 is 0 Å². The van der Waals surface area contributed by atoms with E-state index >= 15 is 0 Å². The van der Waals surface area contributed by atoms with Gasteiger partial charge < -0.3 is 10.6 Å². The Morgan fingerprint density at radius 3 is 2.41 bits per heavy atom. The van der Waals surface area contributed by atoms with Crippen LogP contribution < -0.4 is 10.6 Å². The molecular weight excluding hydrogens is 608 g/mol. The van der Waals surface area contributed by atoms with E-state index in [9.17, 15) is 32.4 Å². The molecular formula is C31H34F4N8O3. The average molecular weight is 643 g/mol. The van der Waals surface area contributed by atoms with Crippen molar-refractivity contribution < 1.29 is 31.8 Å². The average Bonchev–Trinajstić information content (AvgIpc) is 3.53. The number of alkyl halides is 4. The summed E-state index contributed by atoms with van der Waals surface area (Å²) in [4.78, 5) is 31.1. The number of nitrogens with one attached hydrogen (secondary N) is 2. The zero-order valence-electron chi connectivity index (χ0n) is 25.0. The van der Waals surface area contributed by atoms with Gasteiger partial charge >= 0.3 is 0 Å². The Bertz CT molecular complexity index is 1670. The third kappa shape index (κ3) is 5.93. The first-order valence-corrected chi connectivity index (χ1v) is 15.9. The van der Waals surface area contributed by atoms with Gasteiger partial charge in [0.1, 0.15) is 5.69 Å². The molecule has 0 aromatic carbocycles. The summed E-state index contributed by atoms with van der Waals surface area (Å²) in [5.41, 5.74) is 1.02. The summed E-state index contributed by atoms with van der Waals surface area (Å²) in [7, 11) is 0. The number of fused-ring (bicyclic) bond motifs is 1. The Labute approximate surface area is 261 Å². The van der Waals surface area contributed by atoms with Gasteiger partial charge in [-0.15, -0.1) is 0 Å². The molecule has 7 rings (SSSR count). The lowest BCUT2D eigenvalue weighted by Gasteiger charge is -2.43. The Morgan fingerprint density at radius 2 is 1.78 bits per heavy atom. The number of aromatic nitrogens is 5. The van der Waals surface area contributed by atoms with Crippen molar-refractivity contribution in [2.75, 3.05) is 0 Å². The van der Waals surface area contributed by atoms with Crippen LogP contribution in [-0.4, -0.2) is 48.6 Å². The summed E-state index contributed by atoms with van der Waals surface area (Å²) in [6.07, 6.45) is 5.85. The Morgan fingerprint density at radius 1 is 1.04 bits per heavy atom. The summed E-state index contributed by atoms with van der Waals surface area (Å²) in [5.74, 6) is -7.07. The standard InChI is InChI=1S/C31H34F4N8O3/c32-30(33)8-4-19(5-9-30)24(40-28(45)26-25(18-2-3-18)41-46-42-26)21-15-43-22(38-21)11-20(14-37-43)27(29(16-36)6-1-7-29)39-23(44)10-17-12-31(34,35)13-17/h11,14-15,17-19,24,27H,1-10,12-13H2,(H,39,44)(H,40,45)/t24-,27?/m0/s1. The Kier molecular flexibility index (Phi) is 7.51. The van der Waals surface area contributed by atoms with E-state index in [0.29, 0.717) is 35.4 Å². The van der Waals surface area contributed by atoms with Gasteiger partial charge in [-0.05, 0) is 67.1 Å². The molecule has 1 unspecified atom stereocenters. The highest BCUT2D eigenvalue weighted by Gasteiger charge is 2.49. The van der Waals surface area contributed by atoms with Crippen LogP contribution in [0.15, 0.2) is 23.1 Å². The third-order valence-electron chi connectivity index (χ3n) is 10.2. The molecule has 0 saturated heterocycles. The molecule has 2 amide bonds. The fourth-order valence-electron chi connectivity index (χ4n) is 7.21. The maximum atomic E-state index is 14.1. The minimum absolute atomic E-state index is 0.0535. The van der Waals surface area contributed by atoms with Gasteiger partial charge in [0.2, 0.25) is 17.8 Å². The maximum Gasteiger partial charge on any atom is 0.276 e. The first-order valence-electron chi connectivity index (χ1n) is 15.9. The highest BCUT2D eigenvalue weighted by atomic mass is 19.3. The van der Waals surface area contributed by atoms with Crippen LogP contribution in [0.5, 0.6) is 0 Å². The molecule has 2 N–H and O–H groups in total. The lowest BCUT2D eigenvalue weighted by molar-refractivity contribution is -0.135. The van der Waals surface area contributed by atoms with Gasteiger partial charge in [-0.3, -0.25) is 9.59 Å². The number of nitriles is 1. The van der Waals surface area contributed by atoms with Gasteiger partial charge in [0.25, 0.3) is 5.91 Å². The van der Waals surface area contributed by atoms with Crippen molar-refractivity contribution >= 4 is 17.5 Å². The maximum absolute atomic E-state index is 14.1. The molecule has 4 aliphatic carbocycles. The molecule has 4 fully saturated rings. The van der Waals surface area contributed by atoms with Crippen LogP contribution in [0.4, 0.5) is 17.6 Å². The predicted molar refractivity (Wildman–Crippen MR) is 151 cm³/mol. The number of hydrogen-bond donors (Lipinski definition) is 2. The molecule has 0 spiro atoms. The number of amides is 2. The van der Waals surface area contributed by atoms with Crippen LogP contribution in [0.1, 0.15) is 122 Å². The zero-order chi connectivity index (χ0) is 32.3. The van der Waals surface area contributed by atoms with Gasteiger partial charge in [-0.2, -0.15) is 10.4 Å². The molecule has 3 heterocycles. The van der Waals surface area contributed by atoms with Crippen molar-refractivity contribution in [2.24, 2.45) is 17.3 Å². The first kappa shape index (κ1) is 30.6. The molecule has 46 heavy (non-hydrogen) atoms. The smallest absolute Gasteiger partial charge is 0.276 e. The molecule has 11 nitrogen and oxygen atoms in total. The number of rotatable bonds is 10. The molecule has 3 aromatic heterocycles. The molecule has 0 aliphatic heterocycles. The number of nitrogens with zero attached hydrogens (tertiary/aromatic N) is 6. The molecule has 3 aromatic rings. The van der Waals surface area contributed by atoms with E-state index in [1.165, 1.54) is 10.7 Å². The first-order chi connectivity index (χ1) is 21.9. The van der Waals surface area contributed by atoms with Gasteiger partial charge in [-0.25, -0.2) is 31.7 Å². The largest absolute Gasteiger partial charge is 0.348 e. The summed E-state index contributed by atoms with van der Waals surface area (Å²) in [5, 5.41) is 28.2. The monoisotopic (exact) mass is 642 g/mol. The van der Waals surface area contributed by atoms with E-state index < -0.39 is 47.1 Å². The molecule has 0 radical (unpaired) electrons. The summed E-state index contributed by atoms with van der Waals surface area (Å²) < 4.78 is 61.3. The predicted octanol–water partition coefficient (Wildman–Crippen LogP) is 5.57. The van der Waals surface area contributed by atoms with Gasteiger partial charge in [-0.1, -0.05) is 11.6 Å². The third-order valence-corrected chi connectivity index (χ3v) is 10.2. The van der Waals surface area contributed by atoms with Crippen molar-refractivity contribution in [1.29, 1.82) is 5.26 Å². The summed E-state index contributed by atoms with van der Waals surface area (Å²) in [6, 6.07) is 2.62. The van der Waals surface area contributed by atoms with Crippen LogP contribution in [0, 0.1) is 28.6 Å². The van der Waals surface area contributed by atoms with Crippen LogP contribution in [0.25, 0.3) is 5.65 Å². The second-order valence-electron chi connectivity index (χ2n) is 13.6. The van der Waals surface area contributed by atoms with Crippen molar-refractivity contribution in [1.82, 2.24) is 35.5 Å². The fraction of sp³-hybridized carbons (Fsp3) is 0.645. The van der Waals surface area contributed by atoms with E-state index in [1.54, 1.807) is 12.3 Å². The van der Waals surface area contributed by atoms with Gasteiger partial charge in [0.15, 0.2) is 11.3 Å².